The van der Waals surface area contributed by atoms with Crippen LogP contribution in [-0.4, -0.2) is 36.5 Å². The highest BCUT2D eigenvalue weighted by Crippen LogP contribution is 2.20. The normalized spacial score (nSPS) is 18.1. The lowest BCUT2D eigenvalue weighted by Gasteiger charge is -2.30. The largest absolute Gasteiger partial charge is 0.484 e. The van der Waals surface area contributed by atoms with Crippen molar-refractivity contribution in [3.63, 3.8) is 0 Å². The quantitative estimate of drug-likeness (QED) is 0.887. The number of primary amides is 1. The van der Waals surface area contributed by atoms with Gasteiger partial charge in [0.15, 0.2) is 6.61 Å². The second kappa shape index (κ2) is 6.97. The van der Waals surface area contributed by atoms with E-state index in [0.29, 0.717) is 17.4 Å². The number of benzene rings is 1. The molecule has 21 heavy (non-hydrogen) atoms. The molecular formula is C15H21N3O3. The van der Waals surface area contributed by atoms with Crippen LogP contribution in [-0.2, 0) is 4.79 Å². The Morgan fingerprint density at radius 2 is 2.29 bits per heavy atom. The highest BCUT2D eigenvalue weighted by atomic mass is 16.5. The summed E-state index contributed by atoms with van der Waals surface area (Å²) in [5.74, 6) is 0.500. The first-order valence-corrected chi connectivity index (χ1v) is 7.11. The van der Waals surface area contributed by atoms with Crippen molar-refractivity contribution in [1.29, 1.82) is 0 Å². The Labute approximate surface area is 124 Å². The highest BCUT2D eigenvalue weighted by molar-refractivity contribution is 5.89. The van der Waals surface area contributed by atoms with Crippen molar-refractivity contribution < 1.29 is 14.3 Å². The van der Waals surface area contributed by atoms with E-state index in [1.165, 1.54) is 6.42 Å². The summed E-state index contributed by atoms with van der Waals surface area (Å²) >= 11 is 0. The molecule has 1 heterocycles. The van der Waals surface area contributed by atoms with Crippen LogP contribution in [0.1, 0.15) is 19.8 Å². The van der Waals surface area contributed by atoms with Crippen LogP contribution in [0.25, 0.3) is 0 Å². The molecule has 2 rings (SSSR count). The first-order valence-electron chi connectivity index (χ1n) is 7.11. The number of likely N-dealkylation sites (tertiary alicyclic amines) is 1. The van der Waals surface area contributed by atoms with E-state index in [-0.39, 0.29) is 12.6 Å². The van der Waals surface area contributed by atoms with E-state index < -0.39 is 5.91 Å². The van der Waals surface area contributed by atoms with Crippen molar-refractivity contribution in [2.75, 3.05) is 25.0 Å². The maximum atomic E-state index is 12.2. The summed E-state index contributed by atoms with van der Waals surface area (Å²) < 4.78 is 5.21. The molecule has 0 saturated carbocycles. The number of amides is 3. The zero-order valence-electron chi connectivity index (χ0n) is 12.2. The lowest BCUT2D eigenvalue weighted by atomic mass is 10.0. The van der Waals surface area contributed by atoms with Gasteiger partial charge in [0.05, 0.1) is 0 Å². The van der Waals surface area contributed by atoms with Gasteiger partial charge in [-0.25, -0.2) is 4.79 Å². The van der Waals surface area contributed by atoms with Crippen LogP contribution in [0.2, 0.25) is 0 Å². The third kappa shape index (κ3) is 4.66. The van der Waals surface area contributed by atoms with Crippen LogP contribution in [0.4, 0.5) is 10.5 Å². The Morgan fingerprint density at radius 1 is 1.48 bits per heavy atom. The predicted molar refractivity (Wildman–Crippen MR) is 80.1 cm³/mol. The molecule has 1 saturated heterocycles. The van der Waals surface area contributed by atoms with Crippen molar-refractivity contribution >= 4 is 17.6 Å². The molecule has 1 atom stereocenters. The third-order valence-electron chi connectivity index (χ3n) is 3.41. The van der Waals surface area contributed by atoms with Gasteiger partial charge in [0, 0.05) is 24.8 Å². The SMILES string of the molecule is C[C@H]1CCCN(C(=O)Nc2cccc(OCC(N)=O)c2)C1. The average molecular weight is 291 g/mol. The molecular weight excluding hydrogens is 270 g/mol. The van der Waals surface area contributed by atoms with E-state index in [1.807, 2.05) is 4.90 Å². The predicted octanol–water partition coefficient (Wildman–Crippen LogP) is 1.81. The molecule has 0 bridgehead atoms. The fraction of sp³-hybridized carbons (Fsp3) is 0.467. The molecule has 1 fully saturated rings. The molecule has 3 N–H and O–H groups in total. The van der Waals surface area contributed by atoms with E-state index in [0.717, 1.165) is 19.5 Å². The lowest BCUT2D eigenvalue weighted by Crippen LogP contribution is -2.41. The maximum absolute atomic E-state index is 12.2. The standard InChI is InChI=1S/C15H21N3O3/c1-11-4-3-7-18(9-11)15(20)17-12-5-2-6-13(8-12)21-10-14(16)19/h2,5-6,8,11H,3-4,7,9-10H2,1H3,(H2,16,19)(H,17,20)/t11-/m0/s1. The molecule has 1 aliphatic heterocycles. The van der Waals surface area contributed by atoms with Crippen molar-refractivity contribution in [2.24, 2.45) is 11.7 Å². The highest BCUT2D eigenvalue weighted by Gasteiger charge is 2.20. The molecule has 0 radical (unpaired) electrons. The van der Waals surface area contributed by atoms with E-state index in [9.17, 15) is 9.59 Å². The Bertz CT molecular complexity index is 519. The Balaban J connectivity index is 1.94. The number of rotatable bonds is 4. The van der Waals surface area contributed by atoms with Gasteiger partial charge in [-0.2, -0.15) is 0 Å². The van der Waals surface area contributed by atoms with Gasteiger partial charge in [-0.1, -0.05) is 13.0 Å². The van der Waals surface area contributed by atoms with Crippen LogP contribution in [0.3, 0.4) is 0 Å². The van der Waals surface area contributed by atoms with Crippen molar-refractivity contribution in [3.05, 3.63) is 24.3 Å². The smallest absolute Gasteiger partial charge is 0.321 e. The van der Waals surface area contributed by atoms with E-state index in [4.69, 9.17) is 10.5 Å². The number of carbonyl (C=O) groups excluding carboxylic acids is 2. The van der Waals surface area contributed by atoms with Crippen LogP contribution < -0.4 is 15.8 Å². The average Bonchev–Trinajstić information content (AvgIpc) is 2.45. The molecule has 1 aliphatic rings. The fourth-order valence-electron chi connectivity index (χ4n) is 2.39. The number of nitrogens with zero attached hydrogens (tertiary/aromatic N) is 1. The molecule has 0 unspecified atom stereocenters. The van der Waals surface area contributed by atoms with Gasteiger partial charge in [-0.15, -0.1) is 0 Å². The van der Waals surface area contributed by atoms with Gasteiger partial charge in [0.2, 0.25) is 0 Å². The van der Waals surface area contributed by atoms with Crippen LogP contribution in [0, 0.1) is 5.92 Å². The Kier molecular flexibility index (Phi) is 5.03. The molecule has 6 nitrogen and oxygen atoms in total. The van der Waals surface area contributed by atoms with Crippen molar-refractivity contribution in [2.45, 2.75) is 19.8 Å². The first-order chi connectivity index (χ1) is 10.0. The van der Waals surface area contributed by atoms with E-state index in [2.05, 4.69) is 12.2 Å². The maximum Gasteiger partial charge on any atom is 0.321 e. The van der Waals surface area contributed by atoms with E-state index >= 15 is 0 Å². The van der Waals surface area contributed by atoms with E-state index in [1.54, 1.807) is 24.3 Å². The summed E-state index contributed by atoms with van der Waals surface area (Å²) in [6, 6.07) is 6.82. The number of carbonyl (C=O) groups is 2. The number of piperidine rings is 1. The Morgan fingerprint density at radius 3 is 3.00 bits per heavy atom. The summed E-state index contributed by atoms with van der Waals surface area (Å²) in [7, 11) is 0. The minimum atomic E-state index is -0.535. The summed E-state index contributed by atoms with van der Waals surface area (Å²) in [6.07, 6.45) is 2.20. The number of anilines is 1. The zero-order valence-corrected chi connectivity index (χ0v) is 12.2. The molecule has 0 aromatic heterocycles. The minimum absolute atomic E-state index is 0.103. The van der Waals surface area contributed by atoms with Gasteiger partial charge in [-0.05, 0) is 30.9 Å². The number of hydrogen-bond donors (Lipinski definition) is 2. The van der Waals surface area contributed by atoms with Gasteiger partial charge in [0.25, 0.3) is 5.91 Å². The number of nitrogens with two attached hydrogens (primary N) is 1. The first kappa shape index (κ1) is 15.2. The second-order valence-electron chi connectivity index (χ2n) is 5.41. The van der Waals surface area contributed by atoms with Gasteiger partial charge >= 0.3 is 6.03 Å². The number of ether oxygens (including phenoxy) is 1. The van der Waals surface area contributed by atoms with Crippen LogP contribution >= 0.6 is 0 Å². The van der Waals surface area contributed by atoms with Crippen LogP contribution in [0.15, 0.2) is 24.3 Å². The Hall–Kier alpha value is -2.24. The molecule has 0 aliphatic carbocycles. The summed E-state index contributed by atoms with van der Waals surface area (Å²) in [4.78, 5) is 24.7. The molecule has 0 spiro atoms. The summed E-state index contributed by atoms with van der Waals surface area (Å²) in [5.41, 5.74) is 5.67. The topological polar surface area (TPSA) is 84.7 Å². The zero-order chi connectivity index (χ0) is 15.2. The molecule has 1 aromatic rings. The molecule has 3 amide bonds. The van der Waals surface area contributed by atoms with Crippen molar-refractivity contribution in [3.8, 4) is 5.75 Å². The van der Waals surface area contributed by atoms with Gasteiger partial charge in [0.1, 0.15) is 5.75 Å². The lowest BCUT2D eigenvalue weighted by molar-refractivity contribution is -0.119. The number of urea groups is 1. The monoisotopic (exact) mass is 291 g/mol. The number of nitrogens with one attached hydrogen (secondary N) is 1. The number of hydrogen-bond acceptors (Lipinski definition) is 3. The van der Waals surface area contributed by atoms with Gasteiger partial charge in [-0.3, -0.25) is 4.79 Å². The van der Waals surface area contributed by atoms with Gasteiger partial charge < -0.3 is 20.7 Å². The third-order valence-corrected chi connectivity index (χ3v) is 3.41. The molecule has 6 heteroatoms. The summed E-state index contributed by atoms with van der Waals surface area (Å²) in [5, 5.41) is 2.85. The molecule has 114 valence electrons. The molecule has 1 aromatic carbocycles. The minimum Gasteiger partial charge on any atom is -0.484 e. The fourth-order valence-corrected chi connectivity index (χ4v) is 2.39. The summed E-state index contributed by atoms with van der Waals surface area (Å²) in [6.45, 7) is 3.54. The second-order valence-corrected chi connectivity index (χ2v) is 5.41. The van der Waals surface area contributed by atoms with Crippen molar-refractivity contribution in [1.82, 2.24) is 4.90 Å². The van der Waals surface area contributed by atoms with Crippen LogP contribution in [0.5, 0.6) is 5.75 Å².